The molecule has 1 aliphatic rings. The van der Waals surface area contributed by atoms with Gasteiger partial charge in [0.2, 0.25) is 5.91 Å². The van der Waals surface area contributed by atoms with Gasteiger partial charge in [0, 0.05) is 36.2 Å². The molecule has 5 heteroatoms. The summed E-state index contributed by atoms with van der Waals surface area (Å²) in [5, 5.41) is 0. The van der Waals surface area contributed by atoms with E-state index >= 15 is 0 Å². The van der Waals surface area contributed by atoms with Gasteiger partial charge in [-0.25, -0.2) is 0 Å². The molecule has 0 saturated heterocycles. The molecule has 0 spiro atoms. The Morgan fingerprint density at radius 1 is 1.00 bits per heavy atom. The molecule has 0 fully saturated rings. The van der Waals surface area contributed by atoms with E-state index in [1.165, 1.54) is 16.7 Å². The van der Waals surface area contributed by atoms with Crippen LogP contribution in [0.15, 0.2) is 42.1 Å². The molecule has 0 radical (unpaired) electrons. The predicted molar refractivity (Wildman–Crippen MR) is 152 cm³/mol. The lowest BCUT2D eigenvalue weighted by molar-refractivity contribution is -0.130. The summed E-state index contributed by atoms with van der Waals surface area (Å²) in [6.07, 6.45) is 6.69. The van der Waals surface area contributed by atoms with Crippen LogP contribution in [-0.4, -0.2) is 43.0 Å². The van der Waals surface area contributed by atoms with Crippen LogP contribution < -0.4 is 9.47 Å². The number of carbonyl (C=O) groups is 1. The zero-order valence-corrected chi connectivity index (χ0v) is 24.0. The molecule has 1 amide bonds. The van der Waals surface area contributed by atoms with Crippen LogP contribution in [0.25, 0.3) is 0 Å². The fourth-order valence-corrected chi connectivity index (χ4v) is 5.63. The molecule has 5 nitrogen and oxygen atoms in total. The summed E-state index contributed by atoms with van der Waals surface area (Å²) in [5.74, 6) is 1.92. The van der Waals surface area contributed by atoms with Crippen LogP contribution in [0.3, 0.4) is 0 Å². The molecule has 3 rings (SSSR count). The van der Waals surface area contributed by atoms with Crippen molar-refractivity contribution in [2.24, 2.45) is 0 Å². The first-order valence-electron chi connectivity index (χ1n) is 13.8. The fraction of sp³-hybridized carbons (Fsp3) is 0.531. The predicted octanol–water partition coefficient (Wildman–Crippen LogP) is 7.14. The number of ether oxygens (including phenoxy) is 2. The Bertz CT molecular complexity index is 1070. The number of aryl methyl sites for hydroxylation is 2. The highest BCUT2D eigenvalue weighted by molar-refractivity contribution is 5.78. The van der Waals surface area contributed by atoms with E-state index in [0.29, 0.717) is 13.0 Å². The zero-order valence-electron chi connectivity index (χ0n) is 24.0. The molecule has 37 heavy (non-hydrogen) atoms. The Labute approximate surface area is 224 Å². The number of allylic oxidation sites excluding steroid dienone is 2. The van der Waals surface area contributed by atoms with E-state index in [2.05, 4.69) is 69.9 Å². The van der Waals surface area contributed by atoms with Gasteiger partial charge in [0.15, 0.2) is 0 Å². The lowest BCUT2D eigenvalue weighted by atomic mass is 9.94. The highest BCUT2D eigenvalue weighted by Gasteiger charge is 2.27. The van der Waals surface area contributed by atoms with Gasteiger partial charge in [0.25, 0.3) is 0 Å². The molecule has 0 N–H and O–H groups in total. The number of hydrogen-bond acceptors (Lipinski definition) is 4. The maximum atomic E-state index is 13.3. The van der Waals surface area contributed by atoms with E-state index in [9.17, 15) is 4.79 Å². The summed E-state index contributed by atoms with van der Waals surface area (Å²) in [6.45, 7) is 14.5. The number of amides is 1. The molecule has 2 aromatic carbocycles. The Morgan fingerprint density at radius 3 is 2.35 bits per heavy atom. The molecule has 0 saturated carbocycles. The van der Waals surface area contributed by atoms with Crippen molar-refractivity contribution in [2.75, 3.05) is 27.3 Å². The number of nitrogens with zero attached hydrogens (tertiary/aromatic N) is 2. The average Bonchev–Trinajstić information content (AvgIpc) is 2.99. The summed E-state index contributed by atoms with van der Waals surface area (Å²) in [6, 6.07) is 10.8. The minimum absolute atomic E-state index is 0.146. The van der Waals surface area contributed by atoms with Gasteiger partial charge in [-0.15, -0.1) is 0 Å². The fourth-order valence-electron chi connectivity index (χ4n) is 5.63. The zero-order chi connectivity index (χ0) is 26.9. The normalized spacial score (nSPS) is 15.3. The smallest absolute Gasteiger partial charge is 0.227 e. The van der Waals surface area contributed by atoms with Crippen molar-refractivity contribution in [3.8, 4) is 11.5 Å². The average molecular weight is 507 g/mol. The SMILES string of the molecule is CCCC(=O)N1Cc2cc(OC)cc(OC)c2C(C)C=C1CCCN(CCC)Cc1cc(C)cc(C)c1. The number of carbonyl (C=O) groups excluding carboxylic acids is 1. The summed E-state index contributed by atoms with van der Waals surface area (Å²) < 4.78 is 11.3. The standard InChI is InChI=1S/C32H46N2O3/c1-8-11-31(35)34-22-27-19-29(36-6)20-30(37-7)32(27)25(5)18-28(34)12-10-14-33(13-9-2)21-26-16-23(3)15-24(4)17-26/h15-20,25H,8-14,21-22H2,1-7H3. The highest BCUT2D eigenvalue weighted by atomic mass is 16.5. The van der Waals surface area contributed by atoms with Crippen LogP contribution >= 0.6 is 0 Å². The van der Waals surface area contributed by atoms with Crippen molar-refractivity contribution in [1.29, 1.82) is 0 Å². The minimum atomic E-state index is 0.146. The van der Waals surface area contributed by atoms with E-state index in [-0.39, 0.29) is 11.8 Å². The topological polar surface area (TPSA) is 42.0 Å². The third kappa shape index (κ3) is 7.61. The van der Waals surface area contributed by atoms with Gasteiger partial charge in [-0.1, -0.05) is 56.2 Å². The van der Waals surface area contributed by atoms with Crippen LogP contribution in [0.4, 0.5) is 0 Å². The number of methoxy groups -OCH3 is 2. The number of benzene rings is 2. The Balaban J connectivity index is 1.81. The minimum Gasteiger partial charge on any atom is -0.497 e. The number of fused-ring (bicyclic) bond motifs is 1. The maximum absolute atomic E-state index is 13.3. The quantitative estimate of drug-likeness (QED) is 0.307. The van der Waals surface area contributed by atoms with Gasteiger partial charge in [-0.3, -0.25) is 9.69 Å². The molecule has 2 aromatic rings. The third-order valence-electron chi connectivity index (χ3n) is 7.13. The first kappa shape index (κ1) is 28.8. The van der Waals surface area contributed by atoms with Crippen LogP contribution in [0, 0.1) is 13.8 Å². The molecule has 0 aliphatic carbocycles. The van der Waals surface area contributed by atoms with Crippen LogP contribution in [-0.2, 0) is 17.9 Å². The molecular weight excluding hydrogens is 460 g/mol. The molecule has 1 unspecified atom stereocenters. The summed E-state index contributed by atoms with van der Waals surface area (Å²) in [4.78, 5) is 17.9. The van der Waals surface area contributed by atoms with Crippen molar-refractivity contribution in [3.63, 3.8) is 0 Å². The number of rotatable bonds is 12. The first-order chi connectivity index (χ1) is 17.8. The molecular formula is C32H46N2O3. The van der Waals surface area contributed by atoms with E-state index in [1.807, 2.05) is 11.0 Å². The van der Waals surface area contributed by atoms with Crippen molar-refractivity contribution < 1.29 is 14.3 Å². The van der Waals surface area contributed by atoms with Gasteiger partial charge in [-0.2, -0.15) is 0 Å². The van der Waals surface area contributed by atoms with Gasteiger partial charge in [-0.05, 0) is 69.8 Å². The second-order valence-corrected chi connectivity index (χ2v) is 10.5. The molecule has 202 valence electrons. The second kappa shape index (κ2) is 13.7. The Morgan fingerprint density at radius 2 is 1.73 bits per heavy atom. The Hall–Kier alpha value is -2.79. The molecule has 0 aromatic heterocycles. The molecule has 0 bridgehead atoms. The largest absolute Gasteiger partial charge is 0.497 e. The first-order valence-corrected chi connectivity index (χ1v) is 13.8. The van der Waals surface area contributed by atoms with Crippen molar-refractivity contribution in [2.45, 2.75) is 85.7 Å². The lowest BCUT2D eigenvalue weighted by Crippen LogP contribution is -2.30. The second-order valence-electron chi connectivity index (χ2n) is 10.5. The van der Waals surface area contributed by atoms with Gasteiger partial charge >= 0.3 is 0 Å². The van der Waals surface area contributed by atoms with Crippen molar-refractivity contribution in [3.05, 3.63) is 69.9 Å². The lowest BCUT2D eigenvalue weighted by Gasteiger charge is -2.27. The summed E-state index contributed by atoms with van der Waals surface area (Å²) in [5.41, 5.74) is 7.40. The van der Waals surface area contributed by atoms with Gasteiger partial charge in [0.05, 0.1) is 20.8 Å². The van der Waals surface area contributed by atoms with Gasteiger partial charge < -0.3 is 14.4 Å². The van der Waals surface area contributed by atoms with Crippen LogP contribution in [0.5, 0.6) is 11.5 Å². The van der Waals surface area contributed by atoms with E-state index < -0.39 is 0 Å². The van der Waals surface area contributed by atoms with E-state index in [0.717, 1.165) is 73.6 Å². The molecule has 1 atom stereocenters. The van der Waals surface area contributed by atoms with Crippen molar-refractivity contribution >= 4 is 5.91 Å². The monoisotopic (exact) mass is 506 g/mol. The Kier molecular flexibility index (Phi) is 10.6. The van der Waals surface area contributed by atoms with Crippen LogP contribution in [0.2, 0.25) is 0 Å². The third-order valence-corrected chi connectivity index (χ3v) is 7.13. The highest BCUT2D eigenvalue weighted by Crippen LogP contribution is 2.39. The maximum Gasteiger partial charge on any atom is 0.227 e. The molecule has 1 aliphatic heterocycles. The molecule has 1 heterocycles. The van der Waals surface area contributed by atoms with Gasteiger partial charge in [0.1, 0.15) is 11.5 Å². The summed E-state index contributed by atoms with van der Waals surface area (Å²) >= 11 is 0. The number of hydrogen-bond donors (Lipinski definition) is 0. The van der Waals surface area contributed by atoms with E-state index in [1.54, 1.807) is 14.2 Å². The van der Waals surface area contributed by atoms with Crippen molar-refractivity contribution in [1.82, 2.24) is 9.80 Å². The van der Waals surface area contributed by atoms with E-state index in [4.69, 9.17) is 9.47 Å². The van der Waals surface area contributed by atoms with Crippen LogP contribution in [0.1, 0.15) is 86.6 Å². The summed E-state index contributed by atoms with van der Waals surface area (Å²) in [7, 11) is 3.38.